The van der Waals surface area contributed by atoms with Gasteiger partial charge in [0.1, 0.15) is 0 Å². The van der Waals surface area contributed by atoms with Gasteiger partial charge in [-0.05, 0) is 36.5 Å². The molecule has 0 spiro atoms. The highest BCUT2D eigenvalue weighted by Crippen LogP contribution is 2.37. The SMILES string of the molecule is OCCOCCNC(c1ccc(Br)cc1)C1CCC1. The van der Waals surface area contributed by atoms with Gasteiger partial charge >= 0.3 is 0 Å². The second-order valence-electron chi connectivity index (χ2n) is 5.01. The van der Waals surface area contributed by atoms with Gasteiger partial charge in [-0.3, -0.25) is 0 Å². The molecule has 1 atom stereocenters. The van der Waals surface area contributed by atoms with Gasteiger partial charge < -0.3 is 15.2 Å². The predicted molar refractivity (Wildman–Crippen MR) is 80.1 cm³/mol. The van der Waals surface area contributed by atoms with Gasteiger partial charge in [0, 0.05) is 17.1 Å². The lowest BCUT2D eigenvalue weighted by atomic mass is 9.77. The molecule has 1 saturated carbocycles. The average Bonchev–Trinajstić information content (AvgIpc) is 2.36. The zero-order valence-corrected chi connectivity index (χ0v) is 12.7. The number of halogens is 1. The van der Waals surface area contributed by atoms with Crippen LogP contribution in [0.1, 0.15) is 30.9 Å². The minimum absolute atomic E-state index is 0.0960. The normalized spacial score (nSPS) is 17.2. The maximum absolute atomic E-state index is 8.66. The fraction of sp³-hybridized carbons (Fsp3) is 0.600. The molecule has 0 amide bonds. The van der Waals surface area contributed by atoms with Gasteiger partial charge in [0.2, 0.25) is 0 Å². The third-order valence-corrected chi connectivity index (χ3v) is 4.23. The lowest BCUT2D eigenvalue weighted by molar-refractivity contribution is 0.0894. The van der Waals surface area contributed by atoms with E-state index in [0.717, 1.165) is 16.9 Å². The number of nitrogens with one attached hydrogen (secondary N) is 1. The first-order chi connectivity index (χ1) is 9.31. The molecular formula is C15H22BrNO2. The molecule has 0 bridgehead atoms. The zero-order valence-electron chi connectivity index (χ0n) is 11.1. The summed E-state index contributed by atoms with van der Waals surface area (Å²) in [5.74, 6) is 0.749. The van der Waals surface area contributed by atoms with Crippen molar-refractivity contribution in [3.63, 3.8) is 0 Å². The molecule has 1 fully saturated rings. The Bertz CT molecular complexity index is 365. The van der Waals surface area contributed by atoms with Crippen LogP contribution in [0.4, 0.5) is 0 Å². The van der Waals surface area contributed by atoms with E-state index < -0.39 is 0 Å². The van der Waals surface area contributed by atoms with E-state index in [4.69, 9.17) is 9.84 Å². The largest absolute Gasteiger partial charge is 0.394 e. The first-order valence-corrected chi connectivity index (χ1v) is 7.78. The van der Waals surface area contributed by atoms with Gasteiger partial charge in [0.15, 0.2) is 0 Å². The third-order valence-electron chi connectivity index (χ3n) is 3.70. The van der Waals surface area contributed by atoms with Crippen molar-refractivity contribution >= 4 is 15.9 Å². The van der Waals surface area contributed by atoms with Crippen LogP contribution in [-0.4, -0.2) is 31.5 Å². The van der Waals surface area contributed by atoms with Gasteiger partial charge in [0.05, 0.1) is 19.8 Å². The molecular weight excluding hydrogens is 306 g/mol. The Morgan fingerprint density at radius 3 is 2.58 bits per heavy atom. The second-order valence-corrected chi connectivity index (χ2v) is 5.93. The Labute approximate surface area is 123 Å². The maximum atomic E-state index is 8.66. The Morgan fingerprint density at radius 1 is 1.26 bits per heavy atom. The molecule has 0 aromatic heterocycles. The molecule has 2 N–H and O–H groups in total. The molecule has 1 unspecified atom stereocenters. The van der Waals surface area contributed by atoms with Crippen LogP contribution in [0.25, 0.3) is 0 Å². The minimum atomic E-state index is 0.0960. The summed E-state index contributed by atoms with van der Waals surface area (Å²) in [5, 5.41) is 12.3. The second kappa shape index (κ2) is 8.00. The molecule has 1 aromatic rings. The van der Waals surface area contributed by atoms with Crippen LogP contribution in [0.15, 0.2) is 28.7 Å². The summed E-state index contributed by atoms with van der Waals surface area (Å²) in [6.07, 6.45) is 3.97. The van der Waals surface area contributed by atoms with E-state index in [1.165, 1.54) is 24.8 Å². The fourth-order valence-corrected chi connectivity index (χ4v) is 2.72. The summed E-state index contributed by atoms with van der Waals surface area (Å²) in [5.41, 5.74) is 1.36. The van der Waals surface area contributed by atoms with Crippen molar-refractivity contribution in [1.29, 1.82) is 0 Å². The summed E-state index contributed by atoms with van der Waals surface area (Å²) in [6, 6.07) is 9.01. The minimum Gasteiger partial charge on any atom is -0.394 e. The van der Waals surface area contributed by atoms with Crippen LogP contribution in [0.5, 0.6) is 0 Å². The van der Waals surface area contributed by atoms with E-state index >= 15 is 0 Å². The average molecular weight is 328 g/mol. The molecule has 4 heteroatoms. The molecule has 0 saturated heterocycles. The molecule has 19 heavy (non-hydrogen) atoms. The molecule has 3 nitrogen and oxygen atoms in total. The molecule has 106 valence electrons. The maximum Gasteiger partial charge on any atom is 0.0698 e. The summed E-state index contributed by atoms with van der Waals surface area (Å²) >= 11 is 3.48. The smallest absolute Gasteiger partial charge is 0.0698 e. The Hall–Kier alpha value is -0.420. The van der Waals surface area contributed by atoms with E-state index in [9.17, 15) is 0 Å². The van der Waals surface area contributed by atoms with Gasteiger partial charge in [-0.1, -0.05) is 34.5 Å². The Morgan fingerprint density at radius 2 is 2.00 bits per heavy atom. The number of aliphatic hydroxyl groups excluding tert-OH is 1. The van der Waals surface area contributed by atoms with Crippen molar-refractivity contribution in [1.82, 2.24) is 5.32 Å². The van der Waals surface area contributed by atoms with E-state index in [1.54, 1.807) is 0 Å². The van der Waals surface area contributed by atoms with Crippen molar-refractivity contribution < 1.29 is 9.84 Å². The molecule has 1 aliphatic rings. The summed E-state index contributed by atoms with van der Waals surface area (Å²) in [7, 11) is 0. The highest BCUT2D eigenvalue weighted by Gasteiger charge is 2.27. The van der Waals surface area contributed by atoms with Crippen molar-refractivity contribution in [2.24, 2.45) is 5.92 Å². The van der Waals surface area contributed by atoms with Crippen molar-refractivity contribution in [3.05, 3.63) is 34.3 Å². The van der Waals surface area contributed by atoms with Crippen LogP contribution >= 0.6 is 15.9 Å². The summed E-state index contributed by atoms with van der Waals surface area (Å²) in [6.45, 7) is 2.00. The standard InChI is InChI=1S/C15H22BrNO2/c16-14-6-4-13(5-7-14)15(12-2-1-3-12)17-8-10-19-11-9-18/h4-7,12,15,17-18H,1-3,8-11H2. The number of hydrogen-bond acceptors (Lipinski definition) is 3. The van der Waals surface area contributed by atoms with Crippen molar-refractivity contribution in [2.75, 3.05) is 26.4 Å². The number of aliphatic hydroxyl groups is 1. The topological polar surface area (TPSA) is 41.5 Å². The number of rotatable bonds is 8. The van der Waals surface area contributed by atoms with Crippen LogP contribution in [0.3, 0.4) is 0 Å². The molecule has 1 aromatic carbocycles. The van der Waals surface area contributed by atoms with Gasteiger partial charge in [0.25, 0.3) is 0 Å². The predicted octanol–water partition coefficient (Wildman–Crippen LogP) is 2.89. The fourth-order valence-electron chi connectivity index (χ4n) is 2.45. The van der Waals surface area contributed by atoms with Crippen molar-refractivity contribution in [2.45, 2.75) is 25.3 Å². The van der Waals surface area contributed by atoms with Crippen LogP contribution in [-0.2, 0) is 4.74 Å². The van der Waals surface area contributed by atoms with Gasteiger partial charge in [-0.2, -0.15) is 0 Å². The highest BCUT2D eigenvalue weighted by atomic mass is 79.9. The number of ether oxygens (including phenoxy) is 1. The van der Waals surface area contributed by atoms with E-state index in [2.05, 4.69) is 45.5 Å². The van der Waals surface area contributed by atoms with Crippen LogP contribution in [0.2, 0.25) is 0 Å². The van der Waals surface area contributed by atoms with Crippen LogP contribution in [0, 0.1) is 5.92 Å². The molecule has 0 radical (unpaired) electrons. The molecule has 0 aliphatic heterocycles. The van der Waals surface area contributed by atoms with E-state index in [1.807, 2.05) is 0 Å². The van der Waals surface area contributed by atoms with Crippen molar-refractivity contribution in [3.8, 4) is 0 Å². The first-order valence-electron chi connectivity index (χ1n) is 6.98. The lowest BCUT2D eigenvalue weighted by Gasteiger charge is -2.35. The van der Waals surface area contributed by atoms with Gasteiger partial charge in [-0.15, -0.1) is 0 Å². The third kappa shape index (κ3) is 4.56. The van der Waals surface area contributed by atoms with Crippen LogP contribution < -0.4 is 5.32 Å². The first kappa shape index (κ1) is 15.0. The Balaban J connectivity index is 1.86. The highest BCUT2D eigenvalue weighted by molar-refractivity contribution is 9.10. The quantitative estimate of drug-likeness (QED) is 0.721. The zero-order chi connectivity index (χ0) is 13.5. The number of benzene rings is 1. The van der Waals surface area contributed by atoms with E-state index in [0.29, 0.717) is 19.3 Å². The summed E-state index contributed by atoms with van der Waals surface area (Å²) in [4.78, 5) is 0. The molecule has 1 aliphatic carbocycles. The Kier molecular flexibility index (Phi) is 6.31. The van der Waals surface area contributed by atoms with Gasteiger partial charge in [-0.25, -0.2) is 0 Å². The lowest BCUT2D eigenvalue weighted by Crippen LogP contribution is -2.34. The molecule has 2 rings (SSSR count). The number of hydrogen-bond donors (Lipinski definition) is 2. The molecule has 0 heterocycles. The summed E-state index contributed by atoms with van der Waals surface area (Å²) < 4.78 is 6.42. The van der Waals surface area contributed by atoms with E-state index in [-0.39, 0.29) is 6.61 Å². The monoisotopic (exact) mass is 327 g/mol.